The molecule has 0 aliphatic rings. The lowest BCUT2D eigenvalue weighted by atomic mass is 10.3. The number of rotatable bonds is 5. The van der Waals surface area contributed by atoms with E-state index in [0.717, 1.165) is 35.8 Å². The summed E-state index contributed by atoms with van der Waals surface area (Å²) in [5.41, 5.74) is 1.61. The fourth-order valence-corrected chi connectivity index (χ4v) is 1.85. The smallest absolute Gasteiger partial charge is 0.313 e. The van der Waals surface area contributed by atoms with Gasteiger partial charge < -0.3 is 4.42 Å². The Balaban J connectivity index is 2.07. The first-order valence-corrected chi connectivity index (χ1v) is 6.37. The van der Waals surface area contributed by atoms with E-state index in [1.165, 1.54) is 0 Å². The highest BCUT2D eigenvalue weighted by molar-refractivity contribution is 9.09. The molecule has 1 heterocycles. The highest BCUT2D eigenvalue weighted by Gasteiger charge is 2.09. The number of nitrogens with two attached hydrogens (primary N) is 1. The Labute approximate surface area is 103 Å². The Kier molecular flexibility index (Phi) is 3.79. The molecule has 2 aromatic rings. The number of unbranched alkanes of at least 4 members (excludes halogenated alkanes) is 1. The number of nitrogens with zero attached hydrogens (tertiary/aromatic N) is 2. The average Bonchev–Trinajstić information content (AvgIpc) is 2.73. The molecule has 5 heteroatoms. The fraction of sp³-hybridized carbons (Fsp3) is 0.364. The Morgan fingerprint density at radius 1 is 1.31 bits per heavy atom. The van der Waals surface area contributed by atoms with Crippen molar-refractivity contribution in [3.8, 4) is 0 Å². The number of halogens is 1. The summed E-state index contributed by atoms with van der Waals surface area (Å²) in [5.74, 6) is 5.86. The quantitative estimate of drug-likeness (QED) is 0.397. The van der Waals surface area contributed by atoms with E-state index >= 15 is 0 Å². The summed E-state index contributed by atoms with van der Waals surface area (Å²) in [4.78, 5) is 4.31. The normalized spacial score (nSPS) is 10.9. The van der Waals surface area contributed by atoms with E-state index in [1.807, 2.05) is 24.3 Å². The van der Waals surface area contributed by atoms with Gasteiger partial charge in [0.2, 0.25) is 0 Å². The molecule has 1 aromatic heterocycles. The van der Waals surface area contributed by atoms with Crippen molar-refractivity contribution in [2.75, 3.05) is 16.9 Å². The van der Waals surface area contributed by atoms with E-state index in [0.29, 0.717) is 6.01 Å². The minimum atomic E-state index is 0.482. The number of fused-ring (bicyclic) bond motifs is 1. The van der Waals surface area contributed by atoms with Crippen LogP contribution in [-0.2, 0) is 0 Å². The molecular weight excluding hydrogens is 270 g/mol. The van der Waals surface area contributed by atoms with Crippen molar-refractivity contribution < 1.29 is 4.42 Å². The number of benzene rings is 1. The maximum absolute atomic E-state index is 5.86. The van der Waals surface area contributed by atoms with E-state index in [9.17, 15) is 0 Å². The number of hydrogen-bond donors (Lipinski definition) is 1. The predicted octanol–water partition coefficient (Wildman–Crippen LogP) is 2.68. The number of aromatic nitrogens is 1. The molecule has 0 atom stereocenters. The van der Waals surface area contributed by atoms with E-state index in [-0.39, 0.29) is 0 Å². The minimum absolute atomic E-state index is 0.482. The van der Waals surface area contributed by atoms with Gasteiger partial charge in [-0.05, 0) is 25.0 Å². The standard InChI is InChI=1S/C11H14BrN3O/c12-7-3-4-8-15(13)11-14-9-5-1-2-6-10(9)16-11/h1-2,5-6H,3-4,7-8,13H2. The zero-order chi connectivity index (χ0) is 11.4. The Bertz CT molecular complexity index is 424. The molecule has 86 valence electrons. The van der Waals surface area contributed by atoms with Crippen molar-refractivity contribution in [1.29, 1.82) is 0 Å². The van der Waals surface area contributed by atoms with Crippen LogP contribution in [0, 0.1) is 0 Å². The lowest BCUT2D eigenvalue weighted by Gasteiger charge is -2.12. The molecule has 0 bridgehead atoms. The summed E-state index contributed by atoms with van der Waals surface area (Å²) in [6.07, 6.45) is 2.11. The summed E-state index contributed by atoms with van der Waals surface area (Å²) in [5, 5.41) is 2.55. The van der Waals surface area contributed by atoms with Gasteiger partial charge >= 0.3 is 6.01 Å². The molecular formula is C11H14BrN3O. The SMILES string of the molecule is NN(CCCCBr)c1nc2ccccc2o1. The molecule has 4 nitrogen and oxygen atoms in total. The number of para-hydroxylation sites is 2. The van der Waals surface area contributed by atoms with Crippen LogP contribution in [-0.4, -0.2) is 16.9 Å². The highest BCUT2D eigenvalue weighted by Crippen LogP contribution is 2.19. The molecule has 0 aliphatic heterocycles. The number of alkyl halides is 1. The van der Waals surface area contributed by atoms with Crippen molar-refractivity contribution in [2.24, 2.45) is 5.84 Å². The topological polar surface area (TPSA) is 55.3 Å². The Hall–Kier alpha value is -1.07. The van der Waals surface area contributed by atoms with Crippen molar-refractivity contribution >= 4 is 33.0 Å². The maximum Gasteiger partial charge on any atom is 0.313 e. The van der Waals surface area contributed by atoms with Gasteiger partial charge in [0, 0.05) is 11.9 Å². The van der Waals surface area contributed by atoms with Gasteiger partial charge in [-0.3, -0.25) is 5.01 Å². The second-order valence-electron chi connectivity index (χ2n) is 3.55. The summed E-state index contributed by atoms with van der Waals surface area (Å²) in [7, 11) is 0. The summed E-state index contributed by atoms with van der Waals surface area (Å²) in [6.45, 7) is 0.748. The van der Waals surface area contributed by atoms with Gasteiger partial charge in [0.05, 0.1) is 0 Å². The van der Waals surface area contributed by atoms with Gasteiger partial charge in [0.25, 0.3) is 0 Å². The van der Waals surface area contributed by atoms with E-state index in [2.05, 4.69) is 20.9 Å². The first kappa shape index (κ1) is 11.4. The third kappa shape index (κ3) is 2.54. The Morgan fingerprint density at radius 2 is 2.12 bits per heavy atom. The number of oxazole rings is 1. The molecule has 1 aromatic carbocycles. The van der Waals surface area contributed by atoms with Crippen LogP contribution in [0.3, 0.4) is 0 Å². The molecule has 0 saturated heterocycles. The van der Waals surface area contributed by atoms with Gasteiger partial charge in [-0.25, -0.2) is 5.84 Å². The largest absolute Gasteiger partial charge is 0.422 e. The second kappa shape index (κ2) is 5.32. The zero-order valence-electron chi connectivity index (χ0n) is 8.90. The van der Waals surface area contributed by atoms with Crippen LogP contribution in [0.15, 0.2) is 28.7 Å². The molecule has 0 fully saturated rings. The van der Waals surface area contributed by atoms with Crippen LogP contribution in [0.4, 0.5) is 6.01 Å². The monoisotopic (exact) mass is 283 g/mol. The predicted molar refractivity (Wildman–Crippen MR) is 68.6 cm³/mol. The summed E-state index contributed by atoms with van der Waals surface area (Å²) in [6, 6.07) is 8.13. The van der Waals surface area contributed by atoms with Crippen molar-refractivity contribution in [3.63, 3.8) is 0 Å². The lowest BCUT2D eigenvalue weighted by molar-refractivity contribution is 0.564. The Morgan fingerprint density at radius 3 is 2.88 bits per heavy atom. The van der Waals surface area contributed by atoms with Gasteiger partial charge in [-0.2, -0.15) is 4.98 Å². The van der Waals surface area contributed by atoms with Gasteiger partial charge in [0.1, 0.15) is 5.52 Å². The molecule has 0 saturated carbocycles. The molecule has 16 heavy (non-hydrogen) atoms. The van der Waals surface area contributed by atoms with Gasteiger partial charge in [-0.1, -0.05) is 28.1 Å². The highest BCUT2D eigenvalue weighted by atomic mass is 79.9. The molecule has 2 rings (SSSR count). The van der Waals surface area contributed by atoms with Crippen LogP contribution in [0.25, 0.3) is 11.1 Å². The zero-order valence-corrected chi connectivity index (χ0v) is 10.5. The average molecular weight is 284 g/mol. The summed E-state index contributed by atoms with van der Waals surface area (Å²) < 4.78 is 5.54. The number of hydrazine groups is 1. The van der Waals surface area contributed by atoms with Crippen LogP contribution in [0.1, 0.15) is 12.8 Å². The van der Waals surface area contributed by atoms with Crippen LogP contribution < -0.4 is 10.9 Å². The first-order chi connectivity index (χ1) is 7.81. The van der Waals surface area contributed by atoms with Crippen LogP contribution in [0.5, 0.6) is 0 Å². The van der Waals surface area contributed by atoms with Crippen molar-refractivity contribution in [3.05, 3.63) is 24.3 Å². The number of hydrogen-bond acceptors (Lipinski definition) is 4. The summed E-state index contributed by atoms with van der Waals surface area (Å²) >= 11 is 3.39. The van der Waals surface area contributed by atoms with Gasteiger partial charge in [-0.15, -0.1) is 0 Å². The van der Waals surface area contributed by atoms with E-state index in [1.54, 1.807) is 5.01 Å². The fourth-order valence-electron chi connectivity index (χ4n) is 1.46. The molecule has 0 unspecified atom stereocenters. The second-order valence-corrected chi connectivity index (χ2v) is 4.35. The lowest BCUT2D eigenvalue weighted by Crippen LogP contribution is -2.32. The molecule has 0 aliphatic carbocycles. The van der Waals surface area contributed by atoms with Gasteiger partial charge in [0.15, 0.2) is 5.58 Å². The molecule has 0 amide bonds. The van der Waals surface area contributed by atoms with Crippen LogP contribution in [0.2, 0.25) is 0 Å². The third-order valence-electron chi connectivity index (χ3n) is 2.31. The van der Waals surface area contributed by atoms with E-state index < -0.39 is 0 Å². The molecule has 0 radical (unpaired) electrons. The third-order valence-corrected chi connectivity index (χ3v) is 2.87. The molecule has 0 spiro atoms. The first-order valence-electron chi connectivity index (χ1n) is 5.25. The van der Waals surface area contributed by atoms with E-state index in [4.69, 9.17) is 10.3 Å². The number of anilines is 1. The van der Waals surface area contributed by atoms with Crippen molar-refractivity contribution in [1.82, 2.24) is 4.98 Å². The maximum atomic E-state index is 5.86. The van der Waals surface area contributed by atoms with Crippen molar-refractivity contribution in [2.45, 2.75) is 12.8 Å². The minimum Gasteiger partial charge on any atom is -0.422 e. The molecule has 2 N–H and O–H groups in total. The van der Waals surface area contributed by atoms with Crippen LogP contribution >= 0.6 is 15.9 Å².